The summed E-state index contributed by atoms with van der Waals surface area (Å²) in [5.41, 5.74) is 5.39. The molecule has 0 spiro atoms. The van der Waals surface area contributed by atoms with Gasteiger partial charge in [0.15, 0.2) is 0 Å². The van der Waals surface area contributed by atoms with Crippen LogP contribution in [0.25, 0.3) is 10.7 Å². The number of aryl methyl sites for hydroxylation is 1. The first-order valence-electron chi connectivity index (χ1n) is 6.46. The first kappa shape index (κ1) is 16.1. The Morgan fingerprint density at radius 3 is 2.95 bits per heavy atom. The third-order valence-corrected chi connectivity index (χ3v) is 4.25. The second kappa shape index (κ2) is 6.67. The zero-order chi connectivity index (χ0) is 15.5. The number of nitrogens with zero attached hydrogens (tertiary/aromatic N) is 2. The standard InChI is InChI=1S/C13H17BrN4O2S/c1-13(2,15)7-16-10(19)3-4-11-17-12(18-20-11)9-5-8(14)6-21-9/h5-6H,3-4,7,15H2,1-2H3,(H,16,19). The summed E-state index contributed by atoms with van der Waals surface area (Å²) in [6.07, 6.45) is 0.711. The number of carbonyl (C=O) groups is 1. The van der Waals surface area contributed by atoms with Crippen molar-refractivity contribution in [1.82, 2.24) is 15.5 Å². The summed E-state index contributed by atoms with van der Waals surface area (Å²) in [4.78, 5) is 16.9. The molecule has 0 aromatic carbocycles. The molecule has 2 aromatic rings. The molecule has 0 fully saturated rings. The summed E-state index contributed by atoms with van der Waals surface area (Å²) < 4.78 is 6.13. The highest BCUT2D eigenvalue weighted by molar-refractivity contribution is 9.10. The summed E-state index contributed by atoms with van der Waals surface area (Å²) >= 11 is 4.91. The summed E-state index contributed by atoms with van der Waals surface area (Å²) in [5, 5.41) is 8.64. The van der Waals surface area contributed by atoms with Gasteiger partial charge in [-0.3, -0.25) is 4.79 Å². The molecule has 0 radical (unpaired) electrons. The van der Waals surface area contributed by atoms with Gasteiger partial charge >= 0.3 is 0 Å². The van der Waals surface area contributed by atoms with Crippen LogP contribution in [0.2, 0.25) is 0 Å². The maximum Gasteiger partial charge on any atom is 0.227 e. The fraction of sp³-hybridized carbons (Fsp3) is 0.462. The van der Waals surface area contributed by atoms with Gasteiger partial charge in [0.2, 0.25) is 17.6 Å². The van der Waals surface area contributed by atoms with E-state index in [2.05, 4.69) is 31.4 Å². The Hall–Kier alpha value is -1.25. The third kappa shape index (κ3) is 5.22. The molecular weight excluding hydrogens is 356 g/mol. The smallest absolute Gasteiger partial charge is 0.227 e. The number of amides is 1. The number of nitrogens with one attached hydrogen (secondary N) is 1. The van der Waals surface area contributed by atoms with Gasteiger partial charge in [-0.2, -0.15) is 4.98 Å². The van der Waals surface area contributed by atoms with Crippen molar-refractivity contribution in [2.75, 3.05) is 6.54 Å². The number of thiophene rings is 1. The van der Waals surface area contributed by atoms with Gasteiger partial charge in [-0.15, -0.1) is 11.3 Å². The fourth-order valence-corrected chi connectivity index (χ4v) is 2.87. The summed E-state index contributed by atoms with van der Waals surface area (Å²) in [7, 11) is 0. The van der Waals surface area contributed by atoms with Crippen LogP contribution in [0.4, 0.5) is 0 Å². The molecule has 3 N–H and O–H groups in total. The number of aromatic nitrogens is 2. The average Bonchev–Trinajstić information content (AvgIpc) is 3.01. The number of carbonyl (C=O) groups excluding carboxylic acids is 1. The van der Waals surface area contributed by atoms with Crippen molar-refractivity contribution < 1.29 is 9.32 Å². The van der Waals surface area contributed by atoms with Gasteiger partial charge in [0, 0.05) is 34.8 Å². The van der Waals surface area contributed by atoms with E-state index in [4.69, 9.17) is 10.3 Å². The molecule has 2 rings (SSSR count). The van der Waals surface area contributed by atoms with Crippen LogP contribution in [0, 0.1) is 0 Å². The van der Waals surface area contributed by atoms with Crippen molar-refractivity contribution in [3.05, 3.63) is 21.8 Å². The van der Waals surface area contributed by atoms with Crippen LogP contribution in [0.15, 0.2) is 20.4 Å². The molecule has 6 nitrogen and oxygen atoms in total. The number of rotatable bonds is 6. The van der Waals surface area contributed by atoms with E-state index in [1.165, 1.54) is 11.3 Å². The number of nitrogens with two attached hydrogens (primary N) is 1. The molecule has 2 aromatic heterocycles. The van der Waals surface area contributed by atoms with Gasteiger partial charge in [-0.05, 0) is 35.8 Å². The van der Waals surface area contributed by atoms with E-state index in [0.717, 1.165) is 9.35 Å². The number of hydrogen-bond donors (Lipinski definition) is 2. The summed E-state index contributed by atoms with van der Waals surface area (Å²) in [6, 6.07) is 1.93. The van der Waals surface area contributed by atoms with Crippen LogP contribution in [-0.2, 0) is 11.2 Å². The minimum Gasteiger partial charge on any atom is -0.354 e. The zero-order valence-electron chi connectivity index (χ0n) is 11.9. The molecule has 0 aliphatic heterocycles. The molecule has 0 atom stereocenters. The lowest BCUT2D eigenvalue weighted by Crippen LogP contribution is -2.45. The lowest BCUT2D eigenvalue weighted by molar-refractivity contribution is -0.121. The molecule has 0 saturated carbocycles. The van der Waals surface area contributed by atoms with Crippen LogP contribution < -0.4 is 11.1 Å². The largest absolute Gasteiger partial charge is 0.354 e. The monoisotopic (exact) mass is 372 g/mol. The lowest BCUT2D eigenvalue weighted by Gasteiger charge is -2.18. The van der Waals surface area contributed by atoms with E-state index in [1.54, 1.807) is 0 Å². The molecule has 0 bridgehead atoms. The average molecular weight is 373 g/mol. The Morgan fingerprint density at radius 2 is 2.33 bits per heavy atom. The van der Waals surface area contributed by atoms with Gasteiger partial charge in [-0.1, -0.05) is 5.16 Å². The van der Waals surface area contributed by atoms with E-state index < -0.39 is 5.54 Å². The maximum absolute atomic E-state index is 11.7. The minimum atomic E-state index is -0.417. The topological polar surface area (TPSA) is 94.0 Å². The van der Waals surface area contributed by atoms with Gasteiger partial charge in [0.05, 0.1) is 4.88 Å². The van der Waals surface area contributed by atoms with Crippen LogP contribution in [0.5, 0.6) is 0 Å². The van der Waals surface area contributed by atoms with Crippen LogP contribution in [-0.4, -0.2) is 28.1 Å². The zero-order valence-corrected chi connectivity index (χ0v) is 14.3. The molecule has 114 valence electrons. The second-order valence-electron chi connectivity index (χ2n) is 5.41. The summed E-state index contributed by atoms with van der Waals surface area (Å²) in [5.74, 6) is 0.924. The number of halogens is 1. The van der Waals surface area contributed by atoms with E-state index in [0.29, 0.717) is 31.1 Å². The van der Waals surface area contributed by atoms with Gasteiger partial charge < -0.3 is 15.6 Å². The normalized spacial score (nSPS) is 11.6. The molecule has 21 heavy (non-hydrogen) atoms. The van der Waals surface area contributed by atoms with E-state index in [9.17, 15) is 4.79 Å². The van der Waals surface area contributed by atoms with Crippen LogP contribution >= 0.6 is 27.3 Å². The van der Waals surface area contributed by atoms with E-state index >= 15 is 0 Å². The Kier molecular flexibility index (Phi) is 5.13. The third-order valence-electron chi connectivity index (χ3n) is 2.56. The first-order valence-corrected chi connectivity index (χ1v) is 8.13. The predicted octanol–water partition coefficient (Wildman–Crippen LogP) is 2.35. The van der Waals surface area contributed by atoms with Crippen molar-refractivity contribution in [3.63, 3.8) is 0 Å². The lowest BCUT2D eigenvalue weighted by atomic mass is 10.1. The quantitative estimate of drug-likeness (QED) is 0.811. The summed E-state index contributed by atoms with van der Waals surface area (Å²) in [6.45, 7) is 4.15. The fourth-order valence-electron chi connectivity index (χ4n) is 1.52. The van der Waals surface area contributed by atoms with Crippen molar-refractivity contribution >= 4 is 33.2 Å². The Bertz CT molecular complexity index is 618. The van der Waals surface area contributed by atoms with Crippen LogP contribution in [0.3, 0.4) is 0 Å². The highest BCUT2D eigenvalue weighted by atomic mass is 79.9. The maximum atomic E-state index is 11.7. The Labute approximate surface area is 135 Å². The Balaban J connectivity index is 1.84. The highest BCUT2D eigenvalue weighted by Crippen LogP contribution is 2.27. The van der Waals surface area contributed by atoms with E-state index in [-0.39, 0.29) is 5.91 Å². The van der Waals surface area contributed by atoms with E-state index in [1.807, 2.05) is 25.3 Å². The minimum absolute atomic E-state index is 0.0767. The Morgan fingerprint density at radius 1 is 1.57 bits per heavy atom. The number of hydrogen-bond acceptors (Lipinski definition) is 6. The molecule has 1 amide bonds. The van der Waals surface area contributed by atoms with Crippen molar-refractivity contribution in [3.8, 4) is 10.7 Å². The molecule has 0 unspecified atom stereocenters. The SMILES string of the molecule is CC(C)(N)CNC(=O)CCc1nc(-c2cc(Br)cs2)no1. The van der Waals surface area contributed by atoms with Crippen molar-refractivity contribution in [2.45, 2.75) is 32.2 Å². The molecule has 8 heteroatoms. The van der Waals surface area contributed by atoms with Gasteiger partial charge in [0.1, 0.15) is 0 Å². The molecule has 0 aliphatic rings. The molecule has 0 saturated heterocycles. The molecule has 0 aliphatic carbocycles. The van der Waals surface area contributed by atoms with Crippen molar-refractivity contribution in [1.29, 1.82) is 0 Å². The van der Waals surface area contributed by atoms with Gasteiger partial charge in [0.25, 0.3) is 0 Å². The van der Waals surface area contributed by atoms with Gasteiger partial charge in [-0.25, -0.2) is 0 Å². The highest BCUT2D eigenvalue weighted by Gasteiger charge is 2.14. The molecular formula is C13H17BrN4O2S. The van der Waals surface area contributed by atoms with Crippen molar-refractivity contribution in [2.24, 2.45) is 5.73 Å². The predicted molar refractivity (Wildman–Crippen MR) is 84.9 cm³/mol. The second-order valence-corrected chi connectivity index (χ2v) is 7.23. The molecule has 2 heterocycles. The first-order chi connectivity index (χ1) is 9.83. The van der Waals surface area contributed by atoms with Crippen LogP contribution in [0.1, 0.15) is 26.2 Å².